The summed E-state index contributed by atoms with van der Waals surface area (Å²) in [6.07, 6.45) is 3.34. The number of carbonyl (C=O) groups is 1. The normalized spacial score (nSPS) is 10.9. The standard InChI is InChI=1S/C22H24F2N2O5.C5H12O3/c1-28-5-6-30-7-8-31-14-16-13-26(12-15-3-4-17(23)9-19(15)24)21-11-25-20(10-18(16)21)22(27)29-2;1-7-4-5-8-3-2-6/h3-4,9-11,13H,5-8,12,14H2,1-2H3;6H,2-5H2,1H3. The lowest BCUT2D eigenvalue weighted by molar-refractivity contribution is 0.0202. The first kappa shape index (κ1) is 32.2. The van der Waals surface area contributed by atoms with Gasteiger partial charge in [-0.15, -0.1) is 0 Å². The molecule has 0 radical (unpaired) electrons. The van der Waals surface area contributed by atoms with E-state index in [1.807, 2.05) is 6.20 Å². The molecule has 0 bridgehead atoms. The summed E-state index contributed by atoms with van der Waals surface area (Å²) in [5.41, 5.74) is 1.97. The number of pyridine rings is 1. The summed E-state index contributed by atoms with van der Waals surface area (Å²) in [4.78, 5) is 16.0. The first-order chi connectivity index (χ1) is 18.9. The highest BCUT2D eigenvalue weighted by Crippen LogP contribution is 2.24. The Labute approximate surface area is 226 Å². The number of aromatic nitrogens is 2. The minimum absolute atomic E-state index is 0.0870. The van der Waals surface area contributed by atoms with E-state index in [0.717, 1.165) is 17.0 Å². The van der Waals surface area contributed by atoms with Crippen LogP contribution in [0.25, 0.3) is 10.9 Å². The van der Waals surface area contributed by atoms with Crippen molar-refractivity contribution in [2.45, 2.75) is 13.2 Å². The molecule has 0 amide bonds. The van der Waals surface area contributed by atoms with E-state index in [4.69, 9.17) is 28.8 Å². The Morgan fingerprint density at radius 3 is 2.21 bits per heavy atom. The van der Waals surface area contributed by atoms with E-state index < -0.39 is 17.6 Å². The summed E-state index contributed by atoms with van der Waals surface area (Å²) in [7, 11) is 4.50. The average molecular weight is 555 g/mol. The van der Waals surface area contributed by atoms with Gasteiger partial charge in [0, 0.05) is 43.0 Å². The molecule has 0 saturated heterocycles. The smallest absolute Gasteiger partial charge is 0.356 e. The lowest BCUT2D eigenvalue weighted by Crippen LogP contribution is -2.08. The fourth-order valence-electron chi connectivity index (χ4n) is 3.41. The van der Waals surface area contributed by atoms with Crippen LogP contribution in [-0.2, 0) is 41.6 Å². The molecule has 0 spiro atoms. The van der Waals surface area contributed by atoms with Gasteiger partial charge in [0.05, 0.1) is 84.8 Å². The van der Waals surface area contributed by atoms with E-state index in [0.29, 0.717) is 57.3 Å². The van der Waals surface area contributed by atoms with Crippen LogP contribution < -0.4 is 0 Å². The first-order valence-corrected chi connectivity index (χ1v) is 12.3. The van der Waals surface area contributed by atoms with Gasteiger partial charge < -0.3 is 38.1 Å². The van der Waals surface area contributed by atoms with Crippen molar-refractivity contribution in [1.82, 2.24) is 9.55 Å². The second-order valence-electron chi connectivity index (χ2n) is 8.08. The molecule has 3 aromatic rings. The number of hydrogen-bond acceptors (Lipinski definition) is 9. The number of nitrogens with zero attached hydrogens (tertiary/aromatic N) is 2. The lowest BCUT2D eigenvalue weighted by Gasteiger charge is -2.07. The highest BCUT2D eigenvalue weighted by molar-refractivity contribution is 5.93. The Bertz CT molecular complexity index is 1140. The molecule has 0 aliphatic heterocycles. The van der Waals surface area contributed by atoms with E-state index in [2.05, 4.69) is 9.72 Å². The van der Waals surface area contributed by atoms with Crippen LogP contribution in [0, 0.1) is 11.6 Å². The van der Waals surface area contributed by atoms with E-state index in [-0.39, 0.29) is 25.5 Å². The summed E-state index contributed by atoms with van der Waals surface area (Å²) < 4.78 is 59.4. The van der Waals surface area contributed by atoms with Crippen molar-refractivity contribution in [3.8, 4) is 0 Å². The van der Waals surface area contributed by atoms with Crippen molar-refractivity contribution >= 4 is 16.9 Å². The summed E-state index contributed by atoms with van der Waals surface area (Å²) in [5, 5.41) is 8.93. The maximum absolute atomic E-state index is 14.2. The third-order valence-corrected chi connectivity index (χ3v) is 5.33. The molecule has 12 heteroatoms. The molecular formula is C27H36F2N2O8. The second kappa shape index (κ2) is 18.3. The van der Waals surface area contributed by atoms with Crippen LogP contribution in [0.15, 0.2) is 36.7 Å². The van der Waals surface area contributed by atoms with Gasteiger partial charge in [0.1, 0.15) is 17.3 Å². The van der Waals surface area contributed by atoms with E-state index in [9.17, 15) is 13.6 Å². The number of rotatable bonds is 16. The molecular weight excluding hydrogens is 518 g/mol. The predicted molar refractivity (Wildman–Crippen MR) is 139 cm³/mol. The third kappa shape index (κ3) is 10.9. The zero-order valence-electron chi connectivity index (χ0n) is 22.5. The van der Waals surface area contributed by atoms with Gasteiger partial charge in [0.15, 0.2) is 0 Å². The Morgan fingerprint density at radius 1 is 0.897 bits per heavy atom. The maximum atomic E-state index is 14.2. The monoisotopic (exact) mass is 554 g/mol. The highest BCUT2D eigenvalue weighted by Gasteiger charge is 2.15. The summed E-state index contributed by atoms with van der Waals surface area (Å²) in [6.45, 7) is 3.86. The summed E-state index contributed by atoms with van der Waals surface area (Å²) >= 11 is 0. The number of aliphatic hydroxyl groups is 1. The molecule has 3 rings (SSSR count). The molecule has 0 saturated carbocycles. The van der Waals surface area contributed by atoms with Crippen LogP contribution in [0.3, 0.4) is 0 Å². The number of carbonyl (C=O) groups excluding carboxylic acids is 1. The fourth-order valence-corrected chi connectivity index (χ4v) is 3.41. The SMILES string of the molecule is COCCOCCO.COCCOCCOCc1cn(Cc2ccc(F)cc2F)c2cnc(C(=O)OC)cc12. The molecule has 1 aromatic carbocycles. The van der Waals surface area contributed by atoms with Crippen molar-refractivity contribution in [1.29, 1.82) is 0 Å². The maximum Gasteiger partial charge on any atom is 0.356 e. The summed E-state index contributed by atoms with van der Waals surface area (Å²) in [5.74, 6) is -1.82. The van der Waals surface area contributed by atoms with E-state index in [1.54, 1.807) is 24.9 Å². The van der Waals surface area contributed by atoms with Crippen molar-refractivity contribution in [3.05, 3.63) is 65.1 Å². The molecule has 0 unspecified atom stereocenters. The van der Waals surface area contributed by atoms with Crippen LogP contribution in [-0.4, -0.2) is 94.8 Å². The van der Waals surface area contributed by atoms with Gasteiger partial charge in [-0.25, -0.2) is 18.6 Å². The molecule has 2 heterocycles. The number of ether oxygens (including phenoxy) is 6. The van der Waals surface area contributed by atoms with E-state index >= 15 is 0 Å². The second-order valence-corrected chi connectivity index (χ2v) is 8.08. The highest BCUT2D eigenvalue weighted by atomic mass is 19.1. The minimum atomic E-state index is -0.634. The average Bonchev–Trinajstić information content (AvgIpc) is 3.28. The summed E-state index contributed by atoms with van der Waals surface area (Å²) in [6, 6.07) is 5.08. The number of fused-ring (bicyclic) bond motifs is 1. The molecule has 39 heavy (non-hydrogen) atoms. The first-order valence-electron chi connectivity index (χ1n) is 12.3. The van der Waals surface area contributed by atoms with Crippen LogP contribution >= 0.6 is 0 Å². The minimum Gasteiger partial charge on any atom is -0.464 e. The Kier molecular flexibility index (Phi) is 15.1. The van der Waals surface area contributed by atoms with Gasteiger partial charge in [-0.2, -0.15) is 0 Å². The number of hydrogen-bond donors (Lipinski definition) is 1. The molecule has 0 aliphatic rings. The Hall–Kier alpha value is -3.00. The number of benzene rings is 1. The largest absolute Gasteiger partial charge is 0.464 e. The van der Waals surface area contributed by atoms with Crippen molar-refractivity contribution < 1.29 is 47.1 Å². The molecule has 0 atom stereocenters. The van der Waals surface area contributed by atoms with Gasteiger partial charge in [-0.05, 0) is 12.1 Å². The Morgan fingerprint density at radius 2 is 1.56 bits per heavy atom. The zero-order valence-corrected chi connectivity index (χ0v) is 22.5. The number of halogens is 2. The van der Waals surface area contributed by atoms with Gasteiger partial charge in [-0.3, -0.25) is 0 Å². The van der Waals surface area contributed by atoms with Gasteiger partial charge in [0.25, 0.3) is 0 Å². The third-order valence-electron chi connectivity index (χ3n) is 5.33. The van der Waals surface area contributed by atoms with Gasteiger partial charge >= 0.3 is 5.97 Å². The van der Waals surface area contributed by atoms with E-state index in [1.165, 1.54) is 25.4 Å². The van der Waals surface area contributed by atoms with Crippen LogP contribution in [0.2, 0.25) is 0 Å². The molecule has 2 aromatic heterocycles. The quantitative estimate of drug-likeness (QED) is 0.211. The van der Waals surface area contributed by atoms with Crippen molar-refractivity contribution in [2.75, 3.05) is 74.2 Å². The fraction of sp³-hybridized carbons (Fsp3) is 0.481. The number of methoxy groups -OCH3 is 3. The predicted octanol–water partition coefficient (Wildman–Crippen LogP) is 2.97. The molecule has 1 N–H and O–H groups in total. The number of esters is 1. The molecule has 0 fully saturated rings. The van der Waals surface area contributed by atoms with Crippen LogP contribution in [0.1, 0.15) is 21.6 Å². The number of aliphatic hydroxyl groups excluding tert-OH is 1. The lowest BCUT2D eigenvalue weighted by atomic mass is 10.2. The van der Waals surface area contributed by atoms with Crippen molar-refractivity contribution in [2.24, 2.45) is 0 Å². The van der Waals surface area contributed by atoms with Crippen LogP contribution in [0.4, 0.5) is 8.78 Å². The molecule has 216 valence electrons. The van der Waals surface area contributed by atoms with Gasteiger partial charge in [-0.1, -0.05) is 6.07 Å². The Balaban J connectivity index is 0.000000580. The van der Waals surface area contributed by atoms with Crippen molar-refractivity contribution in [3.63, 3.8) is 0 Å². The molecule has 10 nitrogen and oxygen atoms in total. The zero-order chi connectivity index (χ0) is 28.5. The van der Waals surface area contributed by atoms with Crippen LogP contribution in [0.5, 0.6) is 0 Å². The molecule has 0 aliphatic carbocycles. The topological polar surface area (TPSA) is 111 Å². The van der Waals surface area contributed by atoms with Gasteiger partial charge in [0.2, 0.25) is 0 Å².